The summed E-state index contributed by atoms with van der Waals surface area (Å²) in [5, 5.41) is 12.6. The maximum atomic E-state index is 13.5. The zero-order chi connectivity index (χ0) is 28.7. The number of hydrogen-bond donors (Lipinski definition) is 2. The number of anilines is 2. The average molecular weight is 557 g/mol. The highest BCUT2D eigenvalue weighted by Gasteiger charge is 2.29. The molecule has 3 rings (SSSR count). The van der Waals surface area contributed by atoms with Gasteiger partial charge in [0.1, 0.15) is 18.1 Å². The topological polar surface area (TPSA) is 155 Å². The Bertz CT molecular complexity index is 1400. The summed E-state index contributed by atoms with van der Waals surface area (Å²) in [4.78, 5) is 37.4. The van der Waals surface area contributed by atoms with Crippen molar-refractivity contribution in [2.24, 2.45) is 5.92 Å². The number of aromatic nitrogens is 3. The van der Waals surface area contributed by atoms with Crippen LogP contribution in [0.15, 0.2) is 59.8 Å². The summed E-state index contributed by atoms with van der Waals surface area (Å²) < 4.78 is 33.2. The highest BCUT2D eigenvalue weighted by molar-refractivity contribution is 7.92. The fraction of sp³-hybridized carbons (Fsp3) is 0.346. The molecule has 1 aromatic heterocycles. The van der Waals surface area contributed by atoms with Gasteiger partial charge in [0.05, 0.1) is 4.90 Å². The maximum Gasteiger partial charge on any atom is 0.414 e. The van der Waals surface area contributed by atoms with Crippen molar-refractivity contribution in [2.45, 2.75) is 38.1 Å². The molecule has 0 radical (unpaired) electrons. The van der Waals surface area contributed by atoms with Gasteiger partial charge in [0.2, 0.25) is 11.9 Å². The number of rotatable bonds is 11. The van der Waals surface area contributed by atoms with Crippen LogP contribution in [0, 0.1) is 12.8 Å². The molecule has 1 heterocycles. The molecular formula is C26H32N6O6S. The Morgan fingerprint density at radius 3 is 2.23 bits per heavy atom. The number of carbonyl (C=O) groups excluding carboxylic acids is 1. The number of carboxylic acids is 1. The molecule has 0 saturated heterocycles. The first-order chi connectivity index (χ1) is 18.4. The number of ether oxygens (including phenoxy) is 1. The third kappa shape index (κ3) is 7.87. The van der Waals surface area contributed by atoms with E-state index in [1.54, 1.807) is 50.5 Å². The molecule has 0 bridgehead atoms. The summed E-state index contributed by atoms with van der Waals surface area (Å²) >= 11 is 0. The lowest BCUT2D eigenvalue weighted by Gasteiger charge is -2.24. The monoisotopic (exact) mass is 556 g/mol. The summed E-state index contributed by atoms with van der Waals surface area (Å²) in [6.45, 7) is 5.70. The van der Waals surface area contributed by atoms with Crippen molar-refractivity contribution in [2.75, 3.05) is 30.3 Å². The van der Waals surface area contributed by atoms with E-state index in [0.717, 1.165) is 16.2 Å². The van der Waals surface area contributed by atoms with Gasteiger partial charge in [-0.05, 0) is 42.7 Å². The number of hydrogen-bond acceptors (Lipinski definition) is 9. The maximum absolute atomic E-state index is 13.5. The van der Waals surface area contributed by atoms with Crippen LogP contribution >= 0.6 is 0 Å². The highest BCUT2D eigenvalue weighted by atomic mass is 32.2. The highest BCUT2D eigenvalue weighted by Crippen LogP contribution is 2.23. The van der Waals surface area contributed by atoms with Crippen LogP contribution in [0.4, 0.5) is 16.7 Å². The summed E-state index contributed by atoms with van der Waals surface area (Å²) in [7, 11) is -0.873. The van der Waals surface area contributed by atoms with E-state index < -0.39 is 28.1 Å². The van der Waals surface area contributed by atoms with Gasteiger partial charge in [-0.3, -0.25) is 0 Å². The van der Waals surface area contributed by atoms with Crippen molar-refractivity contribution in [3.8, 4) is 5.75 Å². The molecule has 0 spiro atoms. The summed E-state index contributed by atoms with van der Waals surface area (Å²) in [6.07, 6.45) is 0.653. The zero-order valence-corrected chi connectivity index (χ0v) is 23.2. The zero-order valence-electron chi connectivity index (χ0n) is 22.4. The van der Waals surface area contributed by atoms with Crippen molar-refractivity contribution in [3.63, 3.8) is 0 Å². The van der Waals surface area contributed by atoms with Crippen molar-refractivity contribution in [3.05, 3.63) is 66.0 Å². The number of aryl methyl sites for hydroxylation is 1. The van der Waals surface area contributed by atoms with E-state index >= 15 is 0 Å². The minimum absolute atomic E-state index is 0.0508. The number of sulfonamides is 1. The van der Waals surface area contributed by atoms with Crippen molar-refractivity contribution in [1.82, 2.24) is 19.9 Å². The third-order valence-electron chi connectivity index (χ3n) is 5.46. The quantitative estimate of drug-likeness (QED) is 0.360. The number of amides is 1. The lowest BCUT2D eigenvalue weighted by Crippen LogP contribution is -2.36. The van der Waals surface area contributed by atoms with Crippen LogP contribution in [0.2, 0.25) is 0 Å². The Morgan fingerprint density at radius 2 is 1.67 bits per heavy atom. The van der Waals surface area contributed by atoms with Crippen LogP contribution in [-0.4, -0.2) is 72.1 Å². The van der Waals surface area contributed by atoms with E-state index in [1.807, 2.05) is 20.8 Å². The Morgan fingerprint density at radius 1 is 1.03 bits per heavy atom. The van der Waals surface area contributed by atoms with Gasteiger partial charge in [-0.1, -0.05) is 43.7 Å². The molecule has 39 heavy (non-hydrogen) atoms. The number of nitrogens with one attached hydrogen (secondary N) is 1. The summed E-state index contributed by atoms with van der Waals surface area (Å²) in [5.74, 6) is -1.11. The van der Waals surface area contributed by atoms with E-state index in [-0.39, 0.29) is 35.7 Å². The van der Waals surface area contributed by atoms with E-state index in [0.29, 0.717) is 11.3 Å². The number of carboxylic acid groups (broad SMARTS) is 1. The minimum Gasteiger partial charge on any atom is -0.480 e. The van der Waals surface area contributed by atoms with Gasteiger partial charge in [-0.2, -0.15) is 4.98 Å². The number of carbonyl (C=O) groups is 2. The normalized spacial score (nSPS) is 12.1. The van der Waals surface area contributed by atoms with Crippen molar-refractivity contribution in [1.29, 1.82) is 0 Å². The fourth-order valence-corrected chi connectivity index (χ4v) is 4.94. The molecule has 0 fully saturated rings. The van der Waals surface area contributed by atoms with Gasteiger partial charge in [0.15, 0.2) is 0 Å². The molecule has 1 amide bonds. The van der Waals surface area contributed by atoms with Crippen molar-refractivity contribution >= 4 is 34.0 Å². The van der Waals surface area contributed by atoms with E-state index in [1.165, 1.54) is 17.0 Å². The second kappa shape index (κ2) is 12.5. The van der Waals surface area contributed by atoms with Gasteiger partial charge >= 0.3 is 12.1 Å². The molecular weight excluding hydrogens is 524 g/mol. The minimum atomic E-state index is -4.00. The third-order valence-corrected chi connectivity index (χ3v) is 7.22. The molecule has 2 N–H and O–H groups in total. The fourth-order valence-electron chi connectivity index (χ4n) is 3.41. The van der Waals surface area contributed by atoms with Crippen molar-refractivity contribution < 1.29 is 27.9 Å². The van der Waals surface area contributed by atoms with Gasteiger partial charge in [0, 0.05) is 27.1 Å². The van der Waals surface area contributed by atoms with Gasteiger partial charge in [0.25, 0.3) is 10.0 Å². The van der Waals surface area contributed by atoms with Crippen LogP contribution < -0.4 is 14.4 Å². The molecule has 0 saturated carbocycles. The molecule has 0 aliphatic rings. The number of nitrogens with zero attached hydrogens (tertiary/aromatic N) is 5. The molecule has 12 nitrogen and oxygen atoms in total. The van der Waals surface area contributed by atoms with E-state index in [4.69, 9.17) is 4.74 Å². The summed E-state index contributed by atoms with van der Waals surface area (Å²) in [5.41, 5.74) is 1.57. The molecule has 0 unspecified atom stereocenters. The molecule has 208 valence electrons. The Labute approximate surface area is 227 Å². The Kier molecular flexibility index (Phi) is 9.41. The predicted molar refractivity (Wildman–Crippen MR) is 145 cm³/mol. The first-order valence-electron chi connectivity index (χ1n) is 12.1. The Hall–Kier alpha value is -4.26. The second-order valence-corrected chi connectivity index (χ2v) is 11.4. The lowest BCUT2D eigenvalue weighted by atomic mass is 10.1. The van der Waals surface area contributed by atoms with Crippen LogP contribution in [0.3, 0.4) is 0 Å². The lowest BCUT2D eigenvalue weighted by molar-refractivity contribution is -0.137. The molecule has 0 aliphatic carbocycles. The molecule has 0 aliphatic heterocycles. The molecule has 1 atom stereocenters. The first-order valence-corrected chi connectivity index (χ1v) is 13.6. The SMILES string of the molecule is Cc1ccc(S(=O)(=O)N(CC(C)C)c2ncnc(N[C@@H](Cc3ccc(OC(=O)N(C)C)cc3)C(=O)O)n2)cc1. The second-order valence-electron chi connectivity index (χ2n) is 9.50. The Balaban J connectivity index is 1.83. The van der Waals surface area contributed by atoms with Crippen LogP contribution in [-0.2, 0) is 21.2 Å². The van der Waals surface area contributed by atoms with Gasteiger partial charge in [-0.15, -0.1) is 0 Å². The molecule has 13 heteroatoms. The smallest absolute Gasteiger partial charge is 0.414 e. The predicted octanol–water partition coefficient (Wildman–Crippen LogP) is 3.20. The number of benzene rings is 2. The summed E-state index contributed by atoms with van der Waals surface area (Å²) in [6, 6.07) is 11.7. The van der Waals surface area contributed by atoms with Crippen LogP contribution in [0.1, 0.15) is 25.0 Å². The standard InChI is InChI=1S/C26H32N6O6S/c1-17(2)15-32(39(36,37)21-12-6-18(3)7-13-21)25-28-16-27-24(30-25)29-22(23(33)34)14-19-8-10-20(11-9-19)38-26(35)31(4)5/h6-13,16-17,22H,14-15H2,1-5H3,(H,33,34)(H,27,28,29,30)/t22-/m0/s1. The first kappa shape index (κ1) is 29.3. The van der Waals surface area contributed by atoms with E-state index in [2.05, 4.69) is 20.3 Å². The van der Waals surface area contributed by atoms with Gasteiger partial charge < -0.3 is 20.1 Å². The van der Waals surface area contributed by atoms with Crippen LogP contribution in [0.5, 0.6) is 5.75 Å². The molecule has 3 aromatic rings. The van der Waals surface area contributed by atoms with E-state index in [9.17, 15) is 23.1 Å². The molecule has 2 aromatic carbocycles. The van der Waals surface area contributed by atoms with Gasteiger partial charge in [-0.25, -0.2) is 32.3 Å². The number of aliphatic carboxylic acids is 1. The van der Waals surface area contributed by atoms with Crippen LogP contribution in [0.25, 0.3) is 0 Å². The largest absolute Gasteiger partial charge is 0.480 e. The average Bonchev–Trinajstić information content (AvgIpc) is 2.88.